The van der Waals surface area contributed by atoms with Crippen LogP contribution in [0.1, 0.15) is 0 Å². The van der Waals surface area contributed by atoms with Crippen LogP contribution in [0, 0.1) is 0 Å². The Labute approximate surface area is 199 Å². The zero-order valence-corrected chi connectivity index (χ0v) is 19.6. The van der Waals surface area contributed by atoms with Crippen molar-refractivity contribution < 1.29 is 47.6 Å². The number of hydrogen-bond acceptors (Lipinski definition) is 11. The average molecular weight is 495 g/mol. The highest BCUT2D eigenvalue weighted by Gasteiger charge is 2.03. The molecule has 0 spiro atoms. The van der Waals surface area contributed by atoms with Gasteiger partial charge < -0.3 is 54.9 Å². The standard InChI is InChI=1S/C20H38N4O10/c21-1-6-29-9-12-32-16-19(27)23-3-8-31-11-14-34-17-20(28)24-4-7-30-10-13-33-15-18(26)22-2-5-25/h5H,1-4,6-17,21H2,(H,22,26)(H,23,27)(H,24,28). The molecule has 0 aromatic carbocycles. The van der Waals surface area contributed by atoms with Crippen molar-refractivity contribution in [2.75, 3.05) is 105 Å². The lowest BCUT2D eigenvalue weighted by molar-refractivity contribution is -0.128. The SMILES string of the molecule is NCCOCCOCC(=O)NCCOCCOCC(=O)NCCOCCOCC(=O)NCC=O. The molecule has 0 aliphatic rings. The lowest BCUT2D eigenvalue weighted by Crippen LogP contribution is -2.32. The van der Waals surface area contributed by atoms with Crippen molar-refractivity contribution in [3.63, 3.8) is 0 Å². The molecule has 198 valence electrons. The smallest absolute Gasteiger partial charge is 0.246 e. The van der Waals surface area contributed by atoms with Crippen molar-refractivity contribution in [2.45, 2.75) is 0 Å². The Bertz CT molecular complexity index is 539. The summed E-state index contributed by atoms with van der Waals surface area (Å²) >= 11 is 0. The molecule has 0 radical (unpaired) electrons. The Hall–Kier alpha value is -2.20. The Morgan fingerprint density at radius 3 is 1.35 bits per heavy atom. The molecule has 0 aliphatic carbocycles. The topological polar surface area (TPSA) is 186 Å². The van der Waals surface area contributed by atoms with Crippen LogP contribution in [-0.2, 0) is 47.6 Å². The summed E-state index contributed by atoms with van der Waals surface area (Å²) in [4.78, 5) is 44.4. The van der Waals surface area contributed by atoms with Gasteiger partial charge in [0.15, 0.2) is 0 Å². The summed E-state index contributed by atoms with van der Waals surface area (Å²) in [6.45, 7) is 3.53. The van der Waals surface area contributed by atoms with Gasteiger partial charge in [0.1, 0.15) is 26.1 Å². The van der Waals surface area contributed by atoms with Crippen LogP contribution in [0.4, 0.5) is 0 Å². The second-order valence-electron chi connectivity index (χ2n) is 6.45. The van der Waals surface area contributed by atoms with E-state index in [1.165, 1.54) is 0 Å². The largest absolute Gasteiger partial charge is 0.378 e. The molecule has 0 saturated carbocycles. The fraction of sp³-hybridized carbons (Fsp3) is 0.800. The number of hydrogen-bond donors (Lipinski definition) is 4. The third-order valence-electron chi connectivity index (χ3n) is 3.60. The lowest BCUT2D eigenvalue weighted by Gasteiger charge is -2.09. The summed E-state index contributed by atoms with van der Waals surface area (Å²) in [6.07, 6.45) is 0.585. The first-order valence-corrected chi connectivity index (χ1v) is 11.0. The molecule has 0 unspecified atom stereocenters. The highest BCUT2D eigenvalue weighted by Crippen LogP contribution is 1.83. The Balaban J connectivity index is 3.31. The van der Waals surface area contributed by atoms with Crippen LogP contribution in [0.5, 0.6) is 0 Å². The first kappa shape index (κ1) is 31.8. The Kier molecular flexibility index (Phi) is 23.8. The van der Waals surface area contributed by atoms with Crippen molar-refractivity contribution in [1.82, 2.24) is 16.0 Å². The van der Waals surface area contributed by atoms with Crippen LogP contribution in [0.2, 0.25) is 0 Å². The fourth-order valence-corrected chi connectivity index (χ4v) is 2.07. The van der Waals surface area contributed by atoms with Gasteiger partial charge in [0.05, 0.1) is 66.0 Å². The van der Waals surface area contributed by atoms with Crippen molar-refractivity contribution in [1.29, 1.82) is 0 Å². The third kappa shape index (κ3) is 24.4. The van der Waals surface area contributed by atoms with E-state index in [2.05, 4.69) is 16.0 Å². The maximum absolute atomic E-state index is 11.6. The molecule has 14 heteroatoms. The number of carbonyl (C=O) groups is 4. The number of rotatable bonds is 25. The minimum atomic E-state index is -0.376. The summed E-state index contributed by atoms with van der Waals surface area (Å²) in [6, 6.07) is 0. The molecule has 0 bridgehead atoms. The molecule has 0 rings (SSSR count). The van der Waals surface area contributed by atoms with Gasteiger partial charge in [-0.2, -0.15) is 0 Å². The van der Waals surface area contributed by atoms with E-state index in [0.29, 0.717) is 52.3 Å². The monoisotopic (exact) mass is 494 g/mol. The predicted octanol–water partition coefficient (Wildman–Crippen LogP) is -3.41. The van der Waals surface area contributed by atoms with E-state index >= 15 is 0 Å². The van der Waals surface area contributed by atoms with Crippen LogP contribution < -0.4 is 21.7 Å². The molecule has 0 atom stereocenters. The van der Waals surface area contributed by atoms with Gasteiger partial charge in [-0.3, -0.25) is 14.4 Å². The molecule has 0 aromatic heterocycles. The maximum atomic E-state index is 11.6. The molecule has 0 aromatic rings. The Morgan fingerprint density at radius 1 is 0.559 bits per heavy atom. The van der Waals surface area contributed by atoms with Crippen molar-refractivity contribution in [3.05, 3.63) is 0 Å². The molecule has 0 aliphatic heterocycles. The first-order valence-electron chi connectivity index (χ1n) is 11.0. The van der Waals surface area contributed by atoms with E-state index < -0.39 is 0 Å². The lowest BCUT2D eigenvalue weighted by atomic mass is 10.5. The maximum Gasteiger partial charge on any atom is 0.246 e. The molecular weight excluding hydrogens is 456 g/mol. The van der Waals surface area contributed by atoms with E-state index in [1.54, 1.807) is 0 Å². The molecular formula is C20H38N4O10. The van der Waals surface area contributed by atoms with Crippen molar-refractivity contribution >= 4 is 24.0 Å². The van der Waals surface area contributed by atoms with E-state index in [9.17, 15) is 19.2 Å². The second-order valence-corrected chi connectivity index (χ2v) is 6.45. The normalized spacial score (nSPS) is 10.6. The highest BCUT2D eigenvalue weighted by molar-refractivity contribution is 5.79. The number of aldehydes is 1. The van der Waals surface area contributed by atoms with Crippen molar-refractivity contribution in [3.8, 4) is 0 Å². The Morgan fingerprint density at radius 2 is 0.941 bits per heavy atom. The van der Waals surface area contributed by atoms with E-state index in [4.69, 9.17) is 34.2 Å². The average Bonchev–Trinajstić information content (AvgIpc) is 2.83. The van der Waals surface area contributed by atoms with Crippen LogP contribution in [-0.4, -0.2) is 129 Å². The number of carbonyl (C=O) groups excluding carboxylic acids is 4. The summed E-state index contributed by atoms with van der Waals surface area (Å²) in [5.74, 6) is -0.906. The van der Waals surface area contributed by atoms with E-state index in [0.717, 1.165) is 0 Å². The number of ether oxygens (including phenoxy) is 6. The van der Waals surface area contributed by atoms with Gasteiger partial charge in [-0.1, -0.05) is 0 Å². The van der Waals surface area contributed by atoms with Gasteiger partial charge in [0.2, 0.25) is 17.7 Å². The number of amides is 3. The predicted molar refractivity (Wildman–Crippen MR) is 119 cm³/mol. The van der Waals surface area contributed by atoms with Crippen LogP contribution in [0.3, 0.4) is 0 Å². The molecule has 14 nitrogen and oxygen atoms in total. The molecule has 3 amide bonds. The minimum Gasteiger partial charge on any atom is -0.378 e. The minimum absolute atomic E-state index is 0.0427. The fourth-order valence-electron chi connectivity index (χ4n) is 2.07. The zero-order valence-electron chi connectivity index (χ0n) is 19.6. The van der Waals surface area contributed by atoms with Gasteiger partial charge in [-0.15, -0.1) is 0 Å². The molecule has 0 heterocycles. The van der Waals surface area contributed by atoms with Crippen molar-refractivity contribution in [2.24, 2.45) is 5.73 Å². The van der Waals surface area contributed by atoms with E-state index in [-0.39, 0.29) is 77.1 Å². The van der Waals surface area contributed by atoms with Gasteiger partial charge >= 0.3 is 0 Å². The molecule has 0 saturated heterocycles. The molecule has 34 heavy (non-hydrogen) atoms. The van der Waals surface area contributed by atoms with Crippen LogP contribution in [0.15, 0.2) is 0 Å². The summed E-state index contributed by atoms with van der Waals surface area (Å²) in [5, 5.41) is 7.62. The summed E-state index contributed by atoms with van der Waals surface area (Å²) in [7, 11) is 0. The third-order valence-corrected chi connectivity index (χ3v) is 3.60. The second kappa shape index (κ2) is 25.4. The van der Waals surface area contributed by atoms with Gasteiger partial charge in [0.25, 0.3) is 0 Å². The van der Waals surface area contributed by atoms with Gasteiger partial charge in [0, 0.05) is 19.6 Å². The van der Waals surface area contributed by atoms with Gasteiger partial charge in [-0.25, -0.2) is 0 Å². The van der Waals surface area contributed by atoms with Crippen LogP contribution in [0.25, 0.3) is 0 Å². The summed E-state index contributed by atoms with van der Waals surface area (Å²) < 4.78 is 31.1. The number of nitrogens with one attached hydrogen (secondary N) is 3. The van der Waals surface area contributed by atoms with Crippen LogP contribution >= 0.6 is 0 Å². The molecule has 5 N–H and O–H groups in total. The quantitative estimate of drug-likeness (QED) is 0.0732. The number of nitrogens with two attached hydrogens (primary N) is 1. The van der Waals surface area contributed by atoms with Gasteiger partial charge in [-0.05, 0) is 0 Å². The highest BCUT2D eigenvalue weighted by atomic mass is 16.5. The summed E-state index contributed by atoms with van der Waals surface area (Å²) in [5.41, 5.74) is 5.27. The first-order chi connectivity index (χ1) is 16.6. The van der Waals surface area contributed by atoms with E-state index in [1.807, 2.05) is 0 Å². The molecule has 0 fully saturated rings. The zero-order chi connectivity index (χ0) is 25.1.